The summed E-state index contributed by atoms with van der Waals surface area (Å²) in [6.45, 7) is 6.29. The van der Waals surface area contributed by atoms with Crippen molar-refractivity contribution >= 4 is 23.0 Å². The average molecular weight is 673 g/mol. The van der Waals surface area contributed by atoms with Gasteiger partial charge in [-0.1, -0.05) is 122 Å². The lowest BCUT2D eigenvalue weighted by Crippen LogP contribution is -2.50. The highest BCUT2D eigenvalue weighted by Gasteiger charge is 2.40. The Morgan fingerprint density at radius 3 is 1.88 bits per heavy atom. The fraction of sp³-hybridized carbons (Fsp3) is 0.357. The van der Waals surface area contributed by atoms with E-state index in [9.17, 15) is 9.59 Å². The van der Waals surface area contributed by atoms with Crippen molar-refractivity contribution in [2.75, 3.05) is 0 Å². The van der Waals surface area contributed by atoms with Crippen LogP contribution in [0.4, 0.5) is 4.79 Å². The van der Waals surface area contributed by atoms with Crippen LogP contribution in [0.15, 0.2) is 115 Å². The predicted octanol–water partition coefficient (Wildman–Crippen LogP) is 8.48. The number of aromatic nitrogens is 2. The molecular formula is C42H48N4O4. The van der Waals surface area contributed by atoms with Gasteiger partial charge < -0.3 is 14.6 Å². The van der Waals surface area contributed by atoms with Crippen molar-refractivity contribution in [3.63, 3.8) is 0 Å². The summed E-state index contributed by atoms with van der Waals surface area (Å²) in [6, 6.07) is 36.7. The van der Waals surface area contributed by atoms with E-state index in [1.807, 2.05) is 109 Å². The standard InChI is InChI=1S/C42H48N4O4/c1-41(2,3)49-40(48)44-36(28-29-38-43-35-26-16-17-27-37(35)46(38)30-31-18-8-4-9-19-31)39(47)45-50-42(32-20-10-5-11-21-32,33-22-12-6-13-23-33)34-24-14-7-15-25-34/h5-7,10-17,20-27,31,36H,4,8-9,18-19,28-30H2,1-3H3,(H,44,48)(H,45,47)/t36-/m1/s1. The minimum Gasteiger partial charge on any atom is -0.444 e. The van der Waals surface area contributed by atoms with Gasteiger partial charge in [-0.05, 0) is 74.8 Å². The van der Waals surface area contributed by atoms with E-state index in [-0.39, 0.29) is 6.42 Å². The number of para-hydroxylation sites is 2. The van der Waals surface area contributed by atoms with Crippen molar-refractivity contribution in [3.05, 3.63) is 138 Å². The highest BCUT2D eigenvalue weighted by Crippen LogP contribution is 2.39. The van der Waals surface area contributed by atoms with Gasteiger partial charge in [-0.2, -0.15) is 0 Å². The normalized spacial score (nSPS) is 14.6. The summed E-state index contributed by atoms with van der Waals surface area (Å²) in [7, 11) is 0. The van der Waals surface area contributed by atoms with Crippen LogP contribution in [0.5, 0.6) is 0 Å². The molecule has 8 nitrogen and oxygen atoms in total. The van der Waals surface area contributed by atoms with Gasteiger partial charge in [0.15, 0.2) is 5.60 Å². The Labute approximate surface area is 295 Å². The Bertz CT molecular complexity index is 1750. The molecule has 1 aliphatic carbocycles. The zero-order chi connectivity index (χ0) is 35.0. The third-order valence-corrected chi connectivity index (χ3v) is 9.41. The Kier molecular flexibility index (Phi) is 11.0. The third kappa shape index (κ3) is 8.25. The molecule has 1 saturated carbocycles. The van der Waals surface area contributed by atoms with Crippen molar-refractivity contribution in [1.29, 1.82) is 0 Å². The lowest BCUT2D eigenvalue weighted by atomic mass is 9.80. The summed E-state index contributed by atoms with van der Waals surface area (Å²) in [5.41, 5.74) is 5.42. The van der Waals surface area contributed by atoms with Crippen molar-refractivity contribution in [2.45, 2.75) is 89.5 Å². The zero-order valence-electron chi connectivity index (χ0n) is 29.3. The summed E-state index contributed by atoms with van der Waals surface area (Å²) >= 11 is 0. The van der Waals surface area contributed by atoms with Crippen LogP contribution in [0.3, 0.4) is 0 Å². The molecule has 0 radical (unpaired) electrons. The Morgan fingerprint density at radius 2 is 1.32 bits per heavy atom. The number of imidazole rings is 1. The topological polar surface area (TPSA) is 94.5 Å². The second-order valence-corrected chi connectivity index (χ2v) is 14.2. The molecule has 1 fully saturated rings. The number of alkyl carbamates (subject to hydrolysis) is 1. The van der Waals surface area contributed by atoms with Crippen LogP contribution in [-0.4, -0.2) is 33.2 Å². The Hall–Kier alpha value is -4.95. The first-order valence-corrected chi connectivity index (χ1v) is 17.8. The van der Waals surface area contributed by atoms with E-state index in [0.29, 0.717) is 12.3 Å². The summed E-state index contributed by atoms with van der Waals surface area (Å²) in [6.07, 6.45) is 6.31. The molecule has 0 spiro atoms. The van der Waals surface area contributed by atoms with Gasteiger partial charge in [-0.25, -0.2) is 15.3 Å². The number of fused-ring (bicyclic) bond motifs is 1. The summed E-state index contributed by atoms with van der Waals surface area (Å²) in [4.78, 5) is 39.0. The molecule has 50 heavy (non-hydrogen) atoms. The van der Waals surface area contributed by atoms with E-state index in [1.54, 1.807) is 20.8 Å². The van der Waals surface area contributed by atoms with E-state index in [4.69, 9.17) is 14.6 Å². The summed E-state index contributed by atoms with van der Waals surface area (Å²) < 4.78 is 7.92. The number of carbonyl (C=O) groups is 2. The highest BCUT2D eigenvalue weighted by molar-refractivity contribution is 5.85. The molecular weight excluding hydrogens is 624 g/mol. The van der Waals surface area contributed by atoms with Gasteiger partial charge in [-0.15, -0.1) is 0 Å². The monoisotopic (exact) mass is 672 g/mol. The predicted molar refractivity (Wildman–Crippen MR) is 196 cm³/mol. The first-order chi connectivity index (χ1) is 24.2. The Morgan fingerprint density at radius 1 is 0.780 bits per heavy atom. The lowest BCUT2D eigenvalue weighted by molar-refractivity contribution is -0.145. The smallest absolute Gasteiger partial charge is 0.408 e. The molecule has 0 saturated heterocycles. The Balaban J connectivity index is 1.30. The largest absolute Gasteiger partial charge is 0.444 e. The van der Waals surface area contributed by atoms with Crippen LogP contribution < -0.4 is 10.8 Å². The maximum absolute atomic E-state index is 14.2. The molecule has 0 aliphatic heterocycles. The second kappa shape index (κ2) is 15.7. The van der Waals surface area contributed by atoms with Gasteiger partial charge in [-0.3, -0.25) is 9.63 Å². The first kappa shape index (κ1) is 34.9. The molecule has 1 aromatic heterocycles. The van der Waals surface area contributed by atoms with Crippen LogP contribution >= 0.6 is 0 Å². The molecule has 8 heteroatoms. The molecule has 2 amide bonds. The van der Waals surface area contributed by atoms with Crippen molar-refractivity contribution in [1.82, 2.24) is 20.3 Å². The van der Waals surface area contributed by atoms with Crippen LogP contribution in [0, 0.1) is 5.92 Å². The van der Waals surface area contributed by atoms with E-state index in [1.165, 1.54) is 32.1 Å². The highest BCUT2D eigenvalue weighted by atomic mass is 16.7. The first-order valence-electron chi connectivity index (χ1n) is 17.8. The minimum absolute atomic E-state index is 0.289. The van der Waals surface area contributed by atoms with Gasteiger partial charge in [0.25, 0.3) is 5.91 Å². The molecule has 2 N–H and O–H groups in total. The van der Waals surface area contributed by atoms with E-state index in [0.717, 1.165) is 40.1 Å². The second-order valence-electron chi connectivity index (χ2n) is 14.2. The molecule has 1 heterocycles. The van der Waals surface area contributed by atoms with Crippen LogP contribution in [0.2, 0.25) is 0 Å². The van der Waals surface area contributed by atoms with Crippen LogP contribution in [0.25, 0.3) is 11.0 Å². The van der Waals surface area contributed by atoms with Crippen LogP contribution in [0.1, 0.15) is 81.8 Å². The molecule has 4 aromatic carbocycles. The van der Waals surface area contributed by atoms with Crippen LogP contribution in [-0.2, 0) is 32.9 Å². The summed E-state index contributed by atoms with van der Waals surface area (Å²) in [5.74, 6) is 1.00. The van der Waals surface area contributed by atoms with Gasteiger partial charge in [0.1, 0.15) is 17.5 Å². The van der Waals surface area contributed by atoms with E-state index >= 15 is 0 Å². The van der Waals surface area contributed by atoms with E-state index < -0.39 is 29.2 Å². The molecule has 0 unspecified atom stereocenters. The molecule has 5 aromatic rings. The number of amides is 2. The van der Waals surface area contributed by atoms with Crippen molar-refractivity contribution in [3.8, 4) is 0 Å². The zero-order valence-corrected chi connectivity index (χ0v) is 29.3. The maximum Gasteiger partial charge on any atom is 0.408 e. The number of hydroxylamine groups is 1. The molecule has 1 aliphatic rings. The number of hydrogen-bond acceptors (Lipinski definition) is 5. The number of carbonyl (C=O) groups excluding carboxylic acids is 2. The number of hydrogen-bond donors (Lipinski definition) is 2. The van der Waals surface area contributed by atoms with E-state index in [2.05, 4.69) is 21.4 Å². The molecule has 6 rings (SSSR count). The molecule has 0 bridgehead atoms. The number of benzene rings is 4. The number of nitrogens with zero attached hydrogens (tertiary/aromatic N) is 2. The molecule has 260 valence electrons. The number of rotatable bonds is 12. The minimum atomic E-state index is -1.18. The number of nitrogens with one attached hydrogen (secondary N) is 2. The fourth-order valence-electron chi connectivity index (χ4n) is 7.03. The lowest BCUT2D eigenvalue weighted by Gasteiger charge is -2.35. The van der Waals surface area contributed by atoms with Gasteiger partial charge >= 0.3 is 6.09 Å². The SMILES string of the molecule is CC(C)(C)OC(=O)N[C@H](CCc1nc2ccccc2n1CC1CCCCC1)C(=O)NOC(c1ccccc1)(c1ccccc1)c1ccccc1. The fourth-order valence-corrected chi connectivity index (χ4v) is 7.03. The average Bonchev–Trinajstić information content (AvgIpc) is 3.48. The quantitative estimate of drug-likeness (QED) is 0.102. The third-order valence-electron chi connectivity index (χ3n) is 9.41. The van der Waals surface area contributed by atoms with Gasteiger partial charge in [0.05, 0.1) is 11.0 Å². The summed E-state index contributed by atoms with van der Waals surface area (Å²) in [5, 5.41) is 2.84. The number of aryl methyl sites for hydroxylation is 1. The molecule has 1 atom stereocenters. The maximum atomic E-state index is 14.2. The van der Waals surface area contributed by atoms with Gasteiger partial charge in [0.2, 0.25) is 0 Å². The van der Waals surface area contributed by atoms with Crippen molar-refractivity contribution in [2.24, 2.45) is 5.92 Å². The van der Waals surface area contributed by atoms with Gasteiger partial charge in [0, 0.05) is 13.0 Å². The van der Waals surface area contributed by atoms with Crippen molar-refractivity contribution < 1.29 is 19.2 Å². The number of ether oxygens (including phenoxy) is 1.